The van der Waals surface area contributed by atoms with Gasteiger partial charge in [0.1, 0.15) is 5.54 Å². The van der Waals surface area contributed by atoms with E-state index in [0.29, 0.717) is 18.3 Å². The number of aromatic nitrogens is 2. The van der Waals surface area contributed by atoms with E-state index in [9.17, 15) is 4.79 Å². The van der Waals surface area contributed by atoms with Crippen molar-refractivity contribution in [3.05, 3.63) is 36.0 Å². The zero-order valence-electron chi connectivity index (χ0n) is 13.4. The number of carbonyl (C=O) groups is 1. The van der Waals surface area contributed by atoms with Crippen LogP contribution in [-0.4, -0.2) is 34.7 Å². The summed E-state index contributed by atoms with van der Waals surface area (Å²) in [6.07, 6.45) is 1.53. The lowest BCUT2D eigenvalue weighted by Crippen LogP contribution is -2.61. The molecule has 128 valence electrons. The van der Waals surface area contributed by atoms with E-state index in [1.807, 2.05) is 24.3 Å². The van der Waals surface area contributed by atoms with Crippen LogP contribution in [0.4, 0.5) is 11.4 Å². The molecule has 1 spiro atoms. The van der Waals surface area contributed by atoms with Crippen LogP contribution in [0.25, 0.3) is 0 Å². The number of benzene rings is 1. The number of aryl methyl sites for hydroxylation is 1. The Balaban J connectivity index is 0.00000169. The lowest BCUT2D eigenvalue weighted by molar-refractivity contribution is -0.124. The van der Waals surface area contributed by atoms with Gasteiger partial charge < -0.3 is 20.1 Å². The fraction of sp³-hybridized carbons (Fsp3) is 0.438. The molecule has 8 heteroatoms. The number of fused-ring (bicyclic) bond motifs is 1. The number of halogens is 1. The molecule has 1 aromatic heterocycles. The molecule has 24 heavy (non-hydrogen) atoms. The third-order valence-electron chi connectivity index (χ3n) is 4.55. The van der Waals surface area contributed by atoms with E-state index in [0.717, 1.165) is 37.3 Å². The zero-order chi connectivity index (χ0) is 15.9. The molecule has 2 N–H and O–H groups in total. The van der Waals surface area contributed by atoms with Crippen molar-refractivity contribution in [1.82, 2.24) is 15.5 Å². The maximum atomic E-state index is 13.2. The van der Waals surface area contributed by atoms with Crippen LogP contribution < -0.4 is 15.5 Å². The molecule has 4 rings (SSSR count). The Morgan fingerprint density at radius 1 is 1.29 bits per heavy atom. The van der Waals surface area contributed by atoms with Crippen LogP contribution in [0.5, 0.6) is 0 Å². The first-order valence-electron chi connectivity index (χ1n) is 7.87. The molecule has 1 aromatic carbocycles. The van der Waals surface area contributed by atoms with E-state index in [2.05, 4.69) is 20.8 Å². The number of amides is 1. The van der Waals surface area contributed by atoms with Gasteiger partial charge in [-0.05, 0) is 38.1 Å². The fourth-order valence-corrected chi connectivity index (χ4v) is 3.39. The summed E-state index contributed by atoms with van der Waals surface area (Å²) in [6.45, 7) is 3.73. The minimum Gasteiger partial charge on any atom is -0.369 e. The van der Waals surface area contributed by atoms with Crippen LogP contribution in [0.3, 0.4) is 0 Å². The molecule has 0 atom stereocenters. The number of rotatable bonds is 2. The summed E-state index contributed by atoms with van der Waals surface area (Å²) in [7, 11) is 0. The number of nitrogens with one attached hydrogen (secondary N) is 2. The van der Waals surface area contributed by atoms with Crippen molar-refractivity contribution in [3.8, 4) is 0 Å². The maximum absolute atomic E-state index is 13.2. The second kappa shape index (κ2) is 6.41. The quantitative estimate of drug-likeness (QED) is 0.861. The van der Waals surface area contributed by atoms with Crippen molar-refractivity contribution < 1.29 is 9.32 Å². The van der Waals surface area contributed by atoms with Crippen LogP contribution in [0, 0.1) is 6.92 Å². The Kier molecular flexibility index (Phi) is 4.47. The number of nitrogens with zero attached hydrogens (tertiary/aromatic N) is 3. The second-order valence-corrected chi connectivity index (χ2v) is 6.10. The average molecular weight is 350 g/mol. The molecule has 3 heterocycles. The summed E-state index contributed by atoms with van der Waals surface area (Å²) in [5.41, 5.74) is 1.30. The highest BCUT2D eigenvalue weighted by Gasteiger charge is 2.46. The first-order chi connectivity index (χ1) is 11.2. The fourth-order valence-electron chi connectivity index (χ4n) is 3.39. The topological polar surface area (TPSA) is 83.3 Å². The van der Waals surface area contributed by atoms with Crippen LogP contribution in [-0.2, 0) is 11.3 Å². The third-order valence-corrected chi connectivity index (χ3v) is 4.55. The molecule has 1 amide bonds. The summed E-state index contributed by atoms with van der Waals surface area (Å²) < 4.78 is 5.04. The van der Waals surface area contributed by atoms with E-state index in [1.165, 1.54) is 0 Å². The number of piperidine rings is 1. The molecular weight excluding hydrogens is 330 g/mol. The average Bonchev–Trinajstić information content (AvgIpc) is 2.98. The monoisotopic (exact) mass is 349 g/mol. The lowest BCUT2D eigenvalue weighted by atomic mass is 9.84. The molecular formula is C16H20ClN5O2. The Morgan fingerprint density at radius 3 is 2.75 bits per heavy atom. The van der Waals surface area contributed by atoms with Gasteiger partial charge >= 0.3 is 0 Å². The SMILES string of the molecule is Cc1nc(CN2C(=O)C3(CCNCC3)Nc3ccccc32)no1.Cl. The van der Waals surface area contributed by atoms with E-state index >= 15 is 0 Å². The molecule has 1 fully saturated rings. The molecule has 0 radical (unpaired) electrons. The number of para-hydroxylation sites is 2. The van der Waals surface area contributed by atoms with Gasteiger partial charge in [0.25, 0.3) is 5.91 Å². The molecule has 1 saturated heterocycles. The third kappa shape index (κ3) is 2.74. The molecule has 2 aliphatic heterocycles. The van der Waals surface area contributed by atoms with Gasteiger partial charge in [0.2, 0.25) is 5.89 Å². The Morgan fingerprint density at radius 2 is 2.04 bits per heavy atom. The highest BCUT2D eigenvalue weighted by Crippen LogP contribution is 2.39. The van der Waals surface area contributed by atoms with Crippen molar-refractivity contribution in [2.75, 3.05) is 23.3 Å². The van der Waals surface area contributed by atoms with Crippen LogP contribution in [0.15, 0.2) is 28.8 Å². The first-order valence-corrected chi connectivity index (χ1v) is 7.87. The molecule has 7 nitrogen and oxygen atoms in total. The van der Waals surface area contributed by atoms with Gasteiger partial charge in [-0.15, -0.1) is 12.4 Å². The van der Waals surface area contributed by atoms with Crippen molar-refractivity contribution in [1.29, 1.82) is 0 Å². The van der Waals surface area contributed by atoms with E-state index in [-0.39, 0.29) is 18.3 Å². The molecule has 0 bridgehead atoms. The number of carbonyl (C=O) groups excluding carboxylic acids is 1. The minimum atomic E-state index is -0.543. The van der Waals surface area contributed by atoms with Gasteiger partial charge in [-0.3, -0.25) is 4.79 Å². The molecule has 0 aliphatic carbocycles. The summed E-state index contributed by atoms with van der Waals surface area (Å²) in [5.74, 6) is 1.12. The van der Waals surface area contributed by atoms with Crippen LogP contribution in [0.1, 0.15) is 24.6 Å². The minimum absolute atomic E-state index is 0. The van der Waals surface area contributed by atoms with Crippen LogP contribution >= 0.6 is 12.4 Å². The number of hydrogen-bond acceptors (Lipinski definition) is 6. The van der Waals surface area contributed by atoms with E-state index < -0.39 is 5.54 Å². The molecule has 0 saturated carbocycles. The van der Waals surface area contributed by atoms with Gasteiger partial charge in [-0.2, -0.15) is 4.98 Å². The maximum Gasteiger partial charge on any atom is 0.253 e. The molecule has 2 aromatic rings. The summed E-state index contributed by atoms with van der Waals surface area (Å²) in [6, 6.07) is 7.87. The number of hydrogen-bond donors (Lipinski definition) is 2. The van der Waals surface area contributed by atoms with Crippen molar-refractivity contribution in [3.63, 3.8) is 0 Å². The predicted molar refractivity (Wildman–Crippen MR) is 92.4 cm³/mol. The largest absolute Gasteiger partial charge is 0.369 e. The van der Waals surface area contributed by atoms with Gasteiger partial charge in [0.05, 0.1) is 17.9 Å². The first kappa shape index (κ1) is 16.7. The normalized spacial score (nSPS) is 18.7. The van der Waals surface area contributed by atoms with Crippen molar-refractivity contribution in [2.45, 2.75) is 31.8 Å². The van der Waals surface area contributed by atoms with Gasteiger partial charge in [-0.25, -0.2) is 0 Å². The zero-order valence-corrected chi connectivity index (χ0v) is 14.2. The van der Waals surface area contributed by atoms with Gasteiger partial charge in [-0.1, -0.05) is 17.3 Å². The Bertz CT molecular complexity index is 742. The van der Waals surface area contributed by atoms with Crippen molar-refractivity contribution in [2.24, 2.45) is 0 Å². The number of anilines is 2. The van der Waals surface area contributed by atoms with E-state index in [1.54, 1.807) is 11.8 Å². The highest BCUT2D eigenvalue weighted by atomic mass is 35.5. The molecule has 2 aliphatic rings. The van der Waals surface area contributed by atoms with Crippen LogP contribution in [0.2, 0.25) is 0 Å². The smallest absolute Gasteiger partial charge is 0.253 e. The highest BCUT2D eigenvalue weighted by molar-refractivity contribution is 6.07. The Labute approximate surface area is 146 Å². The summed E-state index contributed by atoms with van der Waals surface area (Å²) >= 11 is 0. The lowest BCUT2D eigenvalue weighted by Gasteiger charge is -2.45. The molecule has 0 unspecified atom stereocenters. The second-order valence-electron chi connectivity index (χ2n) is 6.10. The predicted octanol–water partition coefficient (Wildman–Crippen LogP) is 1.88. The van der Waals surface area contributed by atoms with Gasteiger partial charge in [0, 0.05) is 6.92 Å². The standard InChI is InChI=1S/C16H19N5O2.ClH/c1-11-18-14(20-23-11)10-21-13-5-3-2-4-12(13)19-16(15(21)22)6-8-17-9-7-16;/h2-5,17,19H,6-10H2,1H3;1H. The summed E-state index contributed by atoms with van der Waals surface area (Å²) in [4.78, 5) is 19.2. The Hall–Kier alpha value is -2.12. The van der Waals surface area contributed by atoms with Crippen molar-refractivity contribution >= 4 is 29.7 Å². The van der Waals surface area contributed by atoms with Gasteiger partial charge in [0.15, 0.2) is 5.82 Å². The van der Waals surface area contributed by atoms with E-state index in [4.69, 9.17) is 4.52 Å². The summed E-state index contributed by atoms with van der Waals surface area (Å²) in [5, 5.41) is 10.7.